The normalized spacial score (nSPS) is 17.4. The Morgan fingerprint density at radius 3 is 2.92 bits per heavy atom. The summed E-state index contributed by atoms with van der Waals surface area (Å²) in [5.41, 5.74) is 5.40. The summed E-state index contributed by atoms with van der Waals surface area (Å²) >= 11 is 0. The lowest BCUT2D eigenvalue weighted by Gasteiger charge is -2.08. The van der Waals surface area contributed by atoms with E-state index in [1.165, 1.54) is 37.2 Å². The van der Waals surface area contributed by atoms with Crippen LogP contribution < -0.4 is 10.6 Å². The summed E-state index contributed by atoms with van der Waals surface area (Å²) in [4.78, 5) is 31.1. The molecule has 2 aromatic rings. The molecule has 0 fully saturated rings. The molecule has 1 aliphatic carbocycles. The number of aromatic amines is 1. The van der Waals surface area contributed by atoms with Gasteiger partial charge in [-0.1, -0.05) is 0 Å². The molecule has 122 valence electrons. The zero-order valence-corrected chi connectivity index (χ0v) is 13.4. The fraction of sp³-hybridized carbons (Fsp3) is 0.278. The molecule has 2 aromatic heterocycles. The average Bonchev–Trinajstić information content (AvgIpc) is 3.08. The fourth-order valence-corrected chi connectivity index (χ4v) is 3.34. The number of hydrogen-bond acceptors (Lipinski definition) is 3. The van der Waals surface area contributed by atoms with Gasteiger partial charge in [-0.15, -0.1) is 0 Å². The molecule has 6 heteroatoms. The molecule has 3 N–H and O–H groups in total. The van der Waals surface area contributed by atoms with E-state index >= 15 is 0 Å². The van der Waals surface area contributed by atoms with Gasteiger partial charge in [0.15, 0.2) is 0 Å². The largest absolute Gasteiger partial charge is 0.359 e. The first kappa shape index (κ1) is 14.7. The summed E-state index contributed by atoms with van der Waals surface area (Å²) in [7, 11) is 0. The number of amides is 2. The topological polar surface area (TPSA) is 86.9 Å². The van der Waals surface area contributed by atoms with Crippen LogP contribution in [-0.4, -0.2) is 21.8 Å². The van der Waals surface area contributed by atoms with Gasteiger partial charge in [0.25, 0.3) is 5.91 Å². The number of aryl methyl sites for hydroxylation is 2. The molecule has 1 aliphatic heterocycles. The second-order valence-electron chi connectivity index (χ2n) is 6.25. The Labute approximate surface area is 139 Å². The van der Waals surface area contributed by atoms with Gasteiger partial charge >= 0.3 is 0 Å². The predicted octanol–water partition coefficient (Wildman–Crippen LogP) is 2.74. The van der Waals surface area contributed by atoms with Crippen LogP contribution in [0.5, 0.6) is 0 Å². The standard InChI is InChI=1S/C18H18N4O2/c1-10(23)20-13-8-14-15(18(24)22-17(14)19-9-13)7-12-6-11-4-2-3-5-16(11)21-12/h6-9,21H,2-5H2,1H3,(H,20,23)(H,19,22,24). The van der Waals surface area contributed by atoms with Crippen molar-refractivity contribution in [1.29, 1.82) is 0 Å². The molecule has 3 heterocycles. The highest BCUT2D eigenvalue weighted by atomic mass is 16.2. The highest BCUT2D eigenvalue weighted by Gasteiger charge is 2.26. The number of carbonyl (C=O) groups is 2. The van der Waals surface area contributed by atoms with Crippen LogP contribution in [0, 0.1) is 0 Å². The molecule has 0 unspecified atom stereocenters. The zero-order chi connectivity index (χ0) is 16.7. The van der Waals surface area contributed by atoms with Crippen molar-refractivity contribution in [3.8, 4) is 0 Å². The number of anilines is 2. The predicted molar refractivity (Wildman–Crippen MR) is 92.5 cm³/mol. The summed E-state index contributed by atoms with van der Waals surface area (Å²) in [6, 6.07) is 3.90. The molecule has 0 bridgehead atoms. The maximum absolute atomic E-state index is 12.3. The second kappa shape index (κ2) is 5.63. The van der Waals surface area contributed by atoms with Crippen molar-refractivity contribution < 1.29 is 9.59 Å². The number of rotatable bonds is 2. The van der Waals surface area contributed by atoms with E-state index in [0.717, 1.165) is 18.5 Å². The summed E-state index contributed by atoms with van der Waals surface area (Å²) in [5, 5.41) is 5.46. The van der Waals surface area contributed by atoms with Crippen molar-refractivity contribution in [1.82, 2.24) is 9.97 Å². The molecule has 0 aromatic carbocycles. The van der Waals surface area contributed by atoms with Crippen molar-refractivity contribution in [3.63, 3.8) is 0 Å². The fourth-order valence-electron chi connectivity index (χ4n) is 3.34. The SMILES string of the molecule is CC(=O)Nc1cnc2c(c1)C(=Cc1cc3c([nH]1)CCCC3)C(=O)N2. The number of nitrogens with zero attached hydrogens (tertiary/aromatic N) is 1. The van der Waals surface area contributed by atoms with Gasteiger partial charge in [0.1, 0.15) is 5.82 Å². The van der Waals surface area contributed by atoms with Crippen molar-refractivity contribution >= 4 is 35.0 Å². The molecule has 4 rings (SSSR count). The van der Waals surface area contributed by atoms with Gasteiger partial charge in [0.2, 0.25) is 5.91 Å². The number of hydrogen-bond donors (Lipinski definition) is 3. The summed E-state index contributed by atoms with van der Waals surface area (Å²) in [6.45, 7) is 1.44. The van der Waals surface area contributed by atoms with E-state index in [0.29, 0.717) is 22.6 Å². The van der Waals surface area contributed by atoms with Crippen molar-refractivity contribution in [3.05, 3.63) is 40.8 Å². The van der Waals surface area contributed by atoms with Crippen LogP contribution >= 0.6 is 0 Å². The minimum atomic E-state index is -0.176. The van der Waals surface area contributed by atoms with Gasteiger partial charge < -0.3 is 15.6 Å². The van der Waals surface area contributed by atoms with E-state index in [-0.39, 0.29) is 11.8 Å². The number of pyridine rings is 1. The Morgan fingerprint density at radius 2 is 2.12 bits per heavy atom. The Morgan fingerprint density at radius 1 is 1.29 bits per heavy atom. The van der Waals surface area contributed by atoms with E-state index in [1.54, 1.807) is 6.07 Å². The highest BCUT2D eigenvalue weighted by molar-refractivity contribution is 6.34. The van der Waals surface area contributed by atoms with Crippen LogP contribution in [0.25, 0.3) is 11.6 Å². The summed E-state index contributed by atoms with van der Waals surface area (Å²) in [6.07, 6.45) is 7.97. The highest BCUT2D eigenvalue weighted by Crippen LogP contribution is 2.33. The van der Waals surface area contributed by atoms with Crippen molar-refractivity contribution in [2.24, 2.45) is 0 Å². The Kier molecular flexibility index (Phi) is 3.45. The number of nitrogens with one attached hydrogen (secondary N) is 3. The monoisotopic (exact) mass is 322 g/mol. The van der Waals surface area contributed by atoms with E-state index in [1.807, 2.05) is 6.08 Å². The van der Waals surface area contributed by atoms with Crippen LogP contribution in [0.4, 0.5) is 11.5 Å². The number of fused-ring (bicyclic) bond motifs is 2. The lowest BCUT2D eigenvalue weighted by molar-refractivity contribution is -0.114. The lowest BCUT2D eigenvalue weighted by atomic mass is 9.98. The van der Waals surface area contributed by atoms with Crippen LogP contribution in [-0.2, 0) is 22.4 Å². The maximum Gasteiger partial charge on any atom is 0.257 e. The summed E-state index contributed by atoms with van der Waals surface area (Å²) in [5.74, 6) is 0.179. The smallest absolute Gasteiger partial charge is 0.257 e. The molecule has 6 nitrogen and oxygen atoms in total. The third kappa shape index (κ3) is 2.60. The van der Waals surface area contributed by atoms with E-state index < -0.39 is 0 Å². The Balaban J connectivity index is 1.72. The van der Waals surface area contributed by atoms with Crippen molar-refractivity contribution in [2.45, 2.75) is 32.6 Å². The van der Waals surface area contributed by atoms with Crippen LogP contribution in [0.15, 0.2) is 18.3 Å². The van der Waals surface area contributed by atoms with Gasteiger partial charge in [0, 0.05) is 23.9 Å². The molecule has 0 radical (unpaired) electrons. The number of carbonyl (C=O) groups excluding carboxylic acids is 2. The quantitative estimate of drug-likeness (QED) is 0.743. The Bertz CT molecular complexity index is 856. The minimum Gasteiger partial charge on any atom is -0.359 e. The van der Waals surface area contributed by atoms with Crippen LogP contribution in [0.3, 0.4) is 0 Å². The Hall–Kier alpha value is -2.89. The first-order valence-corrected chi connectivity index (χ1v) is 8.12. The molecule has 0 spiro atoms. The van der Waals surface area contributed by atoms with Gasteiger partial charge in [-0.3, -0.25) is 9.59 Å². The van der Waals surface area contributed by atoms with Crippen molar-refractivity contribution in [2.75, 3.05) is 10.6 Å². The third-order valence-electron chi connectivity index (χ3n) is 4.41. The van der Waals surface area contributed by atoms with Gasteiger partial charge in [-0.05, 0) is 49.5 Å². The molecule has 2 amide bonds. The molecular weight excluding hydrogens is 304 g/mol. The molecule has 2 aliphatic rings. The van der Waals surface area contributed by atoms with Gasteiger partial charge in [-0.25, -0.2) is 4.98 Å². The lowest BCUT2D eigenvalue weighted by Crippen LogP contribution is -2.06. The third-order valence-corrected chi connectivity index (χ3v) is 4.41. The second-order valence-corrected chi connectivity index (χ2v) is 6.25. The van der Waals surface area contributed by atoms with Crippen LogP contribution in [0.1, 0.15) is 42.3 Å². The average molecular weight is 322 g/mol. The number of aromatic nitrogens is 2. The summed E-state index contributed by atoms with van der Waals surface area (Å²) < 4.78 is 0. The molecular formula is C18H18N4O2. The van der Waals surface area contributed by atoms with Gasteiger partial charge in [-0.2, -0.15) is 0 Å². The first-order valence-electron chi connectivity index (χ1n) is 8.12. The first-order chi connectivity index (χ1) is 11.6. The van der Waals surface area contributed by atoms with Gasteiger partial charge in [0.05, 0.1) is 17.5 Å². The number of H-pyrrole nitrogens is 1. The van der Waals surface area contributed by atoms with E-state index in [9.17, 15) is 9.59 Å². The van der Waals surface area contributed by atoms with E-state index in [2.05, 4.69) is 26.7 Å². The molecule has 0 atom stereocenters. The van der Waals surface area contributed by atoms with Crippen LogP contribution in [0.2, 0.25) is 0 Å². The van der Waals surface area contributed by atoms with E-state index in [4.69, 9.17) is 0 Å². The zero-order valence-electron chi connectivity index (χ0n) is 13.4. The maximum atomic E-state index is 12.3. The molecule has 24 heavy (non-hydrogen) atoms. The molecule has 0 saturated heterocycles. The minimum absolute atomic E-state index is 0.170. The molecule has 0 saturated carbocycles.